The van der Waals surface area contributed by atoms with Crippen LogP contribution in [0.5, 0.6) is 0 Å². The Hall–Kier alpha value is -1.56. The van der Waals surface area contributed by atoms with Crippen LogP contribution in [0, 0.1) is 5.92 Å². The van der Waals surface area contributed by atoms with E-state index >= 15 is 0 Å². The van der Waals surface area contributed by atoms with Gasteiger partial charge in [0.2, 0.25) is 0 Å². The molecule has 130 valence electrons. The molecule has 1 N–H and O–H groups in total. The summed E-state index contributed by atoms with van der Waals surface area (Å²) in [5, 5.41) is 2.93. The summed E-state index contributed by atoms with van der Waals surface area (Å²) in [6.07, 6.45) is 5.84. The third-order valence-corrected chi connectivity index (χ3v) is 4.35. The minimum Gasteiger partial charge on any atom is -0.444 e. The summed E-state index contributed by atoms with van der Waals surface area (Å²) in [6, 6.07) is 0.313. The fourth-order valence-electron chi connectivity index (χ4n) is 3.09. The Morgan fingerprint density at radius 3 is 2.83 bits per heavy atom. The lowest BCUT2D eigenvalue weighted by atomic mass is 9.90. The average Bonchev–Trinajstić information content (AvgIpc) is 2.81. The third kappa shape index (κ3) is 5.23. The Morgan fingerprint density at radius 1 is 1.48 bits per heavy atom. The molecule has 6 nitrogen and oxygen atoms in total. The molecule has 1 amide bonds. The number of nitrogens with zero attached hydrogens (tertiary/aromatic N) is 3. The first-order valence-corrected chi connectivity index (χ1v) is 8.43. The molecule has 1 fully saturated rings. The predicted molar refractivity (Wildman–Crippen MR) is 90.0 cm³/mol. The number of carbonyl (C=O) groups excluding carboxylic acids is 1. The van der Waals surface area contributed by atoms with Crippen molar-refractivity contribution in [3.8, 4) is 0 Å². The number of carbonyl (C=O) groups is 1. The van der Waals surface area contributed by atoms with Gasteiger partial charge in [-0.3, -0.25) is 4.90 Å². The van der Waals surface area contributed by atoms with Crippen LogP contribution in [0.3, 0.4) is 0 Å². The first-order valence-electron chi connectivity index (χ1n) is 8.43. The monoisotopic (exact) mass is 322 g/mol. The molecule has 1 aliphatic rings. The molecular formula is C17H30N4O2. The van der Waals surface area contributed by atoms with E-state index in [2.05, 4.69) is 26.7 Å². The number of rotatable bonds is 4. The van der Waals surface area contributed by atoms with Crippen molar-refractivity contribution in [2.75, 3.05) is 13.1 Å². The molecule has 2 rings (SSSR count). The van der Waals surface area contributed by atoms with Gasteiger partial charge in [0.1, 0.15) is 11.4 Å². The molecule has 0 unspecified atom stereocenters. The Morgan fingerprint density at radius 2 is 2.22 bits per heavy atom. The highest BCUT2D eigenvalue weighted by atomic mass is 16.6. The van der Waals surface area contributed by atoms with E-state index in [-0.39, 0.29) is 6.09 Å². The fraction of sp³-hybridized carbons (Fsp3) is 0.765. The number of likely N-dealkylation sites (tertiary alicyclic amines) is 1. The maximum Gasteiger partial charge on any atom is 0.407 e. The highest BCUT2D eigenvalue weighted by molar-refractivity contribution is 5.67. The van der Waals surface area contributed by atoms with Gasteiger partial charge in [-0.15, -0.1) is 0 Å². The van der Waals surface area contributed by atoms with E-state index in [4.69, 9.17) is 4.74 Å². The van der Waals surface area contributed by atoms with Crippen LogP contribution in [0.1, 0.15) is 46.4 Å². The van der Waals surface area contributed by atoms with Gasteiger partial charge in [-0.25, -0.2) is 9.78 Å². The van der Waals surface area contributed by atoms with E-state index in [1.165, 1.54) is 12.8 Å². The van der Waals surface area contributed by atoms with Crippen molar-refractivity contribution in [2.24, 2.45) is 13.0 Å². The summed E-state index contributed by atoms with van der Waals surface area (Å²) in [6.45, 7) is 10.4. The quantitative estimate of drug-likeness (QED) is 0.925. The van der Waals surface area contributed by atoms with Crippen LogP contribution in [-0.4, -0.2) is 45.3 Å². The fourth-order valence-corrected chi connectivity index (χ4v) is 3.09. The van der Waals surface area contributed by atoms with Gasteiger partial charge in [0.15, 0.2) is 0 Å². The Labute approximate surface area is 139 Å². The molecule has 0 spiro atoms. The molecule has 0 saturated carbocycles. The molecule has 6 heteroatoms. The van der Waals surface area contributed by atoms with Crippen LogP contribution >= 0.6 is 0 Å². The van der Waals surface area contributed by atoms with Gasteiger partial charge in [-0.05, 0) is 46.1 Å². The molecule has 1 aromatic rings. The summed E-state index contributed by atoms with van der Waals surface area (Å²) in [4.78, 5) is 18.8. The van der Waals surface area contributed by atoms with Crippen molar-refractivity contribution in [1.29, 1.82) is 0 Å². The van der Waals surface area contributed by atoms with Crippen LogP contribution in [-0.2, 0) is 18.3 Å². The largest absolute Gasteiger partial charge is 0.444 e. The lowest BCUT2D eigenvalue weighted by Crippen LogP contribution is -2.50. The lowest BCUT2D eigenvalue weighted by Gasteiger charge is -2.40. The number of aromatic nitrogens is 2. The van der Waals surface area contributed by atoms with E-state index in [0.29, 0.717) is 18.5 Å². The second-order valence-corrected chi connectivity index (χ2v) is 7.49. The second-order valence-electron chi connectivity index (χ2n) is 7.49. The second kappa shape index (κ2) is 7.34. The molecule has 1 aromatic heterocycles. The summed E-state index contributed by atoms with van der Waals surface area (Å²) in [7, 11) is 2.02. The number of hydrogen-bond acceptors (Lipinski definition) is 4. The van der Waals surface area contributed by atoms with Crippen LogP contribution < -0.4 is 5.32 Å². The van der Waals surface area contributed by atoms with Gasteiger partial charge >= 0.3 is 6.09 Å². The minimum atomic E-state index is -0.463. The molecule has 1 aliphatic heterocycles. The molecule has 23 heavy (non-hydrogen) atoms. The minimum absolute atomic E-state index is 0.313. The number of alkyl carbamates (subject to hydrolysis) is 1. The van der Waals surface area contributed by atoms with E-state index < -0.39 is 5.60 Å². The zero-order valence-corrected chi connectivity index (χ0v) is 15.0. The lowest BCUT2D eigenvalue weighted by molar-refractivity contribution is 0.0452. The van der Waals surface area contributed by atoms with Gasteiger partial charge in [0.05, 0.1) is 6.54 Å². The third-order valence-electron chi connectivity index (χ3n) is 4.35. The number of nitrogens with one attached hydrogen (secondary N) is 1. The highest BCUT2D eigenvalue weighted by Gasteiger charge is 2.30. The maximum absolute atomic E-state index is 11.9. The van der Waals surface area contributed by atoms with E-state index in [9.17, 15) is 4.79 Å². The van der Waals surface area contributed by atoms with Crippen molar-refractivity contribution in [2.45, 2.75) is 58.7 Å². The van der Waals surface area contributed by atoms with Crippen LogP contribution in [0.25, 0.3) is 0 Å². The van der Waals surface area contributed by atoms with Crippen molar-refractivity contribution in [3.63, 3.8) is 0 Å². The summed E-state index contributed by atoms with van der Waals surface area (Å²) in [5.41, 5.74) is -0.463. The van der Waals surface area contributed by atoms with Gasteiger partial charge in [-0.1, -0.05) is 6.92 Å². The molecule has 2 atom stereocenters. The standard InChI is InChI=1S/C17H30N4O2/c1-13-7-6-9-21(12-15-18-8-10-20(15)5)14(13)11-19-16(22)23-17(2,3)4/h8,10,13-14H,6-7,9,11-12H2,1-5H3,(H,19,22)/t13-,14+/m1/s1. The molecule has 0 radical (unpaired) electrons. The van der Waals surface area contributed by atoms with Gasteiger partial charge in [-0.2, -0.15) is 0 Å². The zero-order chi connectivity index (χ0) is 17.0. The molecule has 0 bridgehead atoms. The van der Waals surface area contributed by atoms with Gasteiger partial charge in [0, 0.05) is 32.0 Å². The zero-order valence-electron chi connectivity index (χ0n) is 15.0. The van der Waals surface area contributed by atoms with Gasteiger partial charge in [0.25, 0.3) is 0 Å². The number of aryl methyl sites for hydroxylation is 1. The van der Waals surface area contributed by atoms with E-state index in [1.807, 2.05) is 40.2 Å². The Bertz CT molecular complexity index is 521. The van der Waals surface area contributed by atoms with Crippen molar-refractivity contribution >= 4 is 6.09 Å². The number of imidazole rings is 1. The number of amides is 1. The molecule has 1 saturated heterocycles. The first-order chi connectivity index (χ1) is 10.8. The van der Waals surface area contributed by atoms with E-state index in [1.54, 1.807) is 0 Å². The van der Waals surface area contributed by atoms with Crippen LogP contribution in [0.2, 0.25) is 0 Å². The maximum atomic E-state index is 11.9. The normalized spacial score (nSPS) is 22.8. The SMILES string of the molecule is C[C@@H]1CCCN(Cc2nccn2C)[C@H]1CNC(=O)OC(C)(C)C. The Balaban J connectivity index is 1.95. The smallest absolute Gasteiger partial charge is 0.407 e. The average molecular weight is 322 g/mol. The molecule has 0 aliphatic carbocycles. The molecule has 2 heterocycles. The van der Waals surface area contributed by atoms with Crippen LogP contribution in [0.4, 0.5) is 4.79 Å². The summed E-state index contributed by atoms with van der Waals surface area (Å²) in [5.74, 6) is 1.60. The Kier molecular flexibility index (Phi) is 5.68. The first kappa shape index (κ1) is 17.8. The van der Waals surface area contributed by atoms with Crippen molar-refractivity contribution in [1.82, 2.24) is 19.8 Å². The summed E-state index contributed by atoms with van der Waals surface area (Å²) >= 11 is 0. The van der Waals surface area contributed by atoms with Crippen molar-refractivity contribution in [3.05, 3.63) is 18.2 Å². The molecular weight excluding hydrogens is 292 g/mol. The topological polar surface area (TPSA) is 59.4 Å². The van der Waals surface area contributed by atoms with E-state index in [0.717, 1.165) is 18.9 Å². The number of hydrogen-bond donors (Lipinski definition) is 1. The number of piperidine rings is 1. The summed E-state index contributed by atoms with van der Waals surface area (Å²) < 4.78 is 7.39. The number of ether oxygens (including phenoxy) is 1. The molecule has 0 aromatic carbocycles. The van der Waals surface area contributed by atoms with Crippen LogP contribution in [0.15, 0.2) is 12.4 Å². The van der Waals surface area contributed by atoms with Gasteiger partial charge < -0.3 is 14.6 Å². The van der Waals surface area contributed by atoms with Crippen molar-refractivity contribution < 1.29 is 9.53 Å². The predicted octanol–water partition coefficient (Wildman–Crippen LogP) is 2.55. The highest BCUT2D eigenvalue weighted by Crippen LogP contribution is 2.24.